The van der Waals surface area contributed by atoms with Crippen LogP contribution < -0.4 is 10.1 Å². The molecule has 1 N–H and O–H groups in total. The molecule has 0 bridgehead atoms. The fourth-order valence-corrected chi connectivity index (χ4v) is 3.54. The number of hydrogen-bond acceptors (Lipinski definition) is 6. The molecule has 3 aliphatic rings. The van der Waals surface area contributed by atoms with Gasteiger partial charge in [0, 0.05) is 25.9 Å². The summed E-state index contributed by atoms with van der Waals surface area (Å²) in [5.41, 5.74) is -1.54. The van der Waals surface area contributed by atoms with Crippen LogP contribution in [0.5, 0.6) is 5.88 Å². The van der Waals surface area contributed by atoms with Crippen molar-refractivity contribution in [3.63, 3.8) is 0 Å². The molecule has 3 fully saturated rings. The summed E-state index contributed by atoms with van der Waals surface area (Å²) in [6.45, 7) is 2.01. The Morgan fingerprint density at radius 1 is 1.21 bits per heavy atom. The molecule has 0 saturated carbocycles. The summed E-state index contributed by atoms with van der Waals surface area (Å²) in [4.78, 5) is 34.0. The second-order valence-electron chi connectivity index (χ2n) is 7.16. The van der Waals surface area contributed by atoms with Crippen LogP contribution in [0, 0.1) is 0 Å². The molecule has 28 heavy (non-hydrogen) atoms. The third-order valence-electron chi connectivity index (χ3n) is 5.02. The van der Waals surface area contributed by atoms with Gasteiger partial charge in [-0.15, -0.1) is 0 Å². The number of likely N-dealkylation sites (tertiary alicyclic amines) is 2. The summed E-state index contributed by atoms with van der Waals surface area (Å²) in [6.07, 6.45) is -2.59. The molecule has 3 amide bonds. The number of amides is 3. The Morgan fingerprint density at radius 3 is 2.46 bits per heavy atom. The lowest BCUT2D eigenvalue weighted by molar-refractivity contribution is -0.141. The smallest absolute Gasteiger partial charge is 0.434 e. The SMILES string of the molecule is O=C1NC2(CO1)CN(C(=O)N1CCC(Oc3cnc(C(F)(F)F)cn3)CC1)C2. The van der Waals surface area contributed by atoms with Gasteiger partial charge in [0.1, 0.15) is 18.2 Å². The summed E-state index contributed by atoms with van der Waals surface area (Å²) < 4.78 is 48.0. The van der Waals surface area contributed by atoms with Crippen molar-refractivity contribution in [1.29, 1.82) is 0 Å². The predicted octanol–water partition coefficient (Wildman–Crippen LogP) is 1.25. The average Bonchev–Trinajstić information content (AvgIpc) is 3.02. The number of piperidine rings is 1. The van der Waals surface area contributed by atoms with Crippen LogP contribution in [0.1, 0.15) is 18.5 Å². The second kappa shape index (κ2) is 6.67. The van der Waals surface area contributed by atoms with Crippen molar-refractivity contribution in [2.24, 2.45) is 0 Å². The second-order valence-corrected chi connectivity index (χ2v) is 7.16. The molecule has 0 aromatic carbocycles. The van der Waals surface area contributed by atoms with Crippen LogP contribution in [-0.4, -0.2) is 76.3 Å². The quantitative estimate of drug-likeness (QED) is 0.801. The number of cyclic esters (lactones) is 1. The first-order chi connectivity index (χ1) is 13.2. The van der Waals surface area contributed by atoms with E-state index in [4.69, 9.17) is 9.47 Å². The van der Waals surface area contributed by atoms with Gasteiger partial charge in [0.15, 0.2) is 5.69 Å². The first kappa shape index (κ1) is 18.6. The Kier molecular flexibility index (Phi) is 4.42. The molecule has 152 valence electrons. The number of aromatic nitrogens is 2. The Labute approximate surface area is 157 Å². The van der Waals surface area contributed by atoms with E-state index in [1.807, 2.05) is 0 Å². The van der Waals surface area contributed by atoms with Crippen LogP contribution in [0.25, 0.3) is 0 Å². The van der Waals surface area contributed by atoms with Crippen LogP contribution in [0.3, 0.4) is 0 Å². The molecule has 0 atom stereocenters. The first-order valence-electron chi connectivity index (χ1n) is 8.79. The lowest BCUT2D eigenvalue weighted by Crippen LogP contribution is -2.71. The van der Waals surface area contributed by atoms with E-state index in [2.05, 4.69) is 15.3 Å². The summed E-state index contributed by atoms with van der Waals surface area (Å²) in [5, 5.41) is 2.73. The van der Waals surface area contributed by atoms with Crippen LogP contribution in [0.2, 0.25) is 0 Å². The number of carbonyl (C=O) groups excluding carboxylic acids is 2. The van der Waals surface area contributed by atoms with Crippen LogP contribution in [0.15, 0.2) is 12.4 Å². The molecule has 1 aromatic rings. The number of urea groups is 1. The minimum Gasteiger partial charge on any atom is -0.473 e. The summed E-state index contributed by atoms with van der Waals surface area (Å²) in [6, 6.07) is -0.112. The number of ether oxygens (including phenoxy) is 2. The van der Waals surface area contributed by atoms with Crippen LogP contribution in [-0.2, 0) is 10.9 Å². The molecular formula is C16H18F3N5O4. The monoisotopic (exact) mass is 401 g/mol. The molecule has 1 aromatic heterocycles. The zero-order chi connectivity index (χ0) is 19.9. The van der Waals surface area contributed by atoms with E-state index in [0.29, 0.717) is 45.2 Å². The average molecular weight is 401 g/mol. The highest BCUT2D eigenvalue weighted by molar-refractivity contribution is 5.78. The molecule has 3 saturated heterocycles. The van der Waals surface area contributed by atoms with E-state index >= 15 is 0 Å². The maximum absolute atomic E-state index is 12.5. The maximum atomic E-state index is 12.5. The number of nitrogens with one attached hydrogen (secondary N) is 1. The Morgan fingerprint density at radius 2 is 1.93 bits per heavy atom. The Bertz CT molecular complexity index is 759. The lowest BCUT2D eigenvalue weighted by Gasteiger charge is -2.48. The van der Waals surface area contributed by atoms with Crippen molar-refractivity contribution < 1.29 is 32.2 Å². The van der Waals surface area contributed by atoms with Gasteiger partial charge in [0.25, 0.3) is 0 Å². The largest absolute Gasteiger partial charge is 0.473 e. The molecule has 0 aliphatic carbocycles. The number of alkyl carbamates (subject to hydrolysis) is 1. The van der Waals surface area contributed by atoms with Crippen molar-refractivity contribution in [1.82, 2.24) is 25.1 Å². The molecule has 4 rings (SSSR count). The van der Waals surface area contributed by atoms with Gasteiger partial charge in [-0.05, 0) is 0 Å². The van der Waals surface area contributed by atoms with Crippen molar-refractivity contribution in [2.75, 3.05) is 32.8 Å². The Hall–Kier alpha value is -2.79. The lowest BCUT2D eigenvalue weighted by atomic mass is 9.92. The van der Waals surface area contributed by atoms with E-state index in [1.165, 1.54) is 0 Å². The molecule has 0 unspecified atom stereocenters. The number of rotatable bonds is 2. The van der Waals surface area contributed by atoms with Gasteiger partial charge in [0.2, 0.25) is 5.88 Å². The van der Waals surface area contributed by atoms with E-state index in [-0.39, 0.29) is 24.6 Å². The highest BCUT2D eigenvalue weighted by Crippen LogP contribution is 2.29. The zero-order valence-electron chi connectivity index (χ0n) is 14.7. The predicted molar refractivity (Wildman–Crippen MR) is 86.4 cm³/mol. The topological polar surface area (TPSA) is 96.9 Å². The fraction of sp³-hybridized carbons (Fsp3) is 0.625. The van der Waals surface area contributed by atoms with Crippen molar-refractivity contribution in [3.05, 3.63) is 18.1 Å². The molecule has 12 heteroatoms. The van der Waals surface area contributed by atoms with E-state index in [0.717, 1.165) is 6.20 Å². The number of carbonyl (C=O) groups is 2. The van der Waals surface area contributed by atoms with Crippen LogP contribution in [0.4, 0.5) is 22.8 Å². The van der Waals surface area contributed by atoms with Gasteiger partial charge < -0.3 is 24.6 Å². The van der Waals surface area contributed by atoms with Gasteiger partial charge in [-0.1, -0.05) is 0 Å². The standard InChI is InChI=1S/C16H18F3N5O4/c17-16(18,19)11-5-21-12(6-20-11)28-10-1-3-23(4-2-10)14(26)24-7-15(8-24)9-27-13(25)22-15/h5-6,10H,1-4,7-9H2,(H,22,25). The van der Waals surface area contributed by atoms with Crippen LogP contribution >= 0.6 is 0 Å². The van der Waals surface area contributed by atoms with Gasteiger partial charge in [-0.3, -0.25) is 0 Å². The maximum Gasteiger partial charge on any atom is 0.434 e. The van der Waals surface area contributed by atoms with E-state index < -0.39 is 23.5 Å². The highest BCUT2D eigenvalue weighted by atomic mass is 19.4. The number of halogens is 3. The Balaban J connectivity index is 1.24. The number of hydrogen-bond donors (Lipinski definition) is 1. The van der Waals surface area contributed by atoms with Gasteiger partial charge >= 0.3 is 18.3 Å². The molecule has 3 aliphatic heterocycles. The summed E-state index contributed by atoms with van der Waals surface area (Å²) in [7, 11) is 0. The van der Waals surface area contributed by atoms with Crippen molar-refractivity contribution in [2.45, 2.75) is 30.7 Å². The van der Waals surface area contributed by atoms with E-state index in [1.54, 1.807) is 9.80 Å². The van der Waals surface area contributed by atoms with Gasteiger partial charge in [-0.25, -0.2) is 19.6 Å². The minimum absolute atomic E-state index is 0.0273. The minimum atomic E-state index is -4.54. The number of nitrogens with zero attached hydrogens (tertiary/aromatic N) is 4. The zero-order valence-corrected chi connectivity index (χ0v) is 14.7. The number of alkyl halides is 3. The van der Waals surface area contributed by atoms with Gasteiger partial charge in [0.05, 0.1) is 25.5 Å². The van der Waals surface area contributed by atoms with Crippen molar-refractivity contribution >= 4 is 12.1 Å². The summed E-state index contributed by atoms with van der Waals surface area (Å²) >= 11 is 0. The molecule has 9 nitrogen and oxygen atoms in total. The highest BCUT2D eigenvalue weighted by Gasteiger charge is 2.52. The molecule has 1 spiro atoms. The molecular weight excluding hydrogens is 383 g/mol. The summed E-state index contributed by atoms with van der Waals surface area (Å²) in [5.74, 6) is 0.0273. The van der Waals surface area contributed by atoms with Gasteiger partial charge in [-0.2, -0.15) is 13.2 Å². The normalized spacial score (nSPS) is 21.9. The third kappa shape index (κ3) is 3.62. The molecule has 4 heterocycles. The third-order valence-corrected chi connectivity index (χ3v) is 5.02. The van der Waals surface area contributed by atoms with Crippen molar-refractivity contribution in [3.8, 4) is 5.88 Å². The molecule has 0 radical (unpaired) electrons. The van der Waals surface area contributed by atoms with E-state index in [9.17, 15) is 22.8 Å². The fourth-order valence-electron chi connectivity index (χ4n) is 3.54. The first-order valence-corrected chi connectivity index (χ1v) is 8.79.